The second kappa shape index (κ2) is 10.2. The zero-order valence-corrected chi connectivity index (χ0v) is 22.5. The molecule has 38 heavy (non-hydrogen) atoms. The van der Waals surface area contributed by atoms with E-state index < -0.39 is 5.69 Å². The number of benzene rings is 2. The molecule has 198 valence electrons. The number of hydrogen-bond acceptors (Lipinski definition) is 5. The molecule has 0 unspecified atom stereocenters. The van der Waals surface area contributed by atoms with Crippen molar-refractivity contribution in [1.82, 2.24) is 23.1 Å². The van der Waals surface area contributed by atoms with Crippen molar-refractivity contribution in [2.24, 2.45) is 14.1 Å². The quantitative estimate of drug-likeness (QED) is 0.297. The Bertz CT molecular complexity index is 1740. The summed E-state index contributed by atoms with van der Waals surface area (Å²) >= 11 is 0. The predicted octanol–water partition coefficient (Wildman–Crippen LogP) is 3.96. The van der Waals surface area contributed by atoms with Gasteiger partial charge in [0.05, 0.1) is 24.6 Å². The van der Waals surface area contributed by atoms with Crippen molar-refractivity contribution >= 4 is 16.9 Å². The van der Waals surface area contributed by atoms with Crippen LogP contribution in [-0.2, 0) is 33.5 Å². The fourth-order valence-corrected chi connectivity index (χ4v) is 5.13. The molecule has 0 aliphatic heterocycles. The Hall–Kier alpha value is -4.27. The second-order valence-corrected chi connectivity index (χ2v) is 9.19. The zero-order valence-electron chi connectivity index (χ0n) is 22.5. The fourth-order valence-electron chi connectivity index (χ4n) is 5.13. The van der Waals surface area contributed by atoms with Crippen LogP contribution in [0.3, 0.4) is 0 Å². The van der Waals surface area contributed by atoms with E-state index in [0.717, 1.165) is 38.6 Å². The molecule has 0 atom stereocenters. The lowest BCUT2D eigenvalue weighted by molar-refractivity contribution is 0.287. The molecule has 0 radical (unpaired) electrons. The summed E-state index contributed by atoms with van der Waals surface area (Å²) in [6.45, 7) is 7.72. The highest BCUT2D eigenvalue weighted by Crippen LogP contribution is 2.32. The molecule has 5 aromatic rings. The summed E-state index contributed by atoms with van der Waals surface area (Å²) in [6, 6.07) is 16.2. The maximum atomic E-state index is 13.3. The highest BCUT2D eigenvalue weighted by atomic mass is 16.5. The Morgan fingerprint density at radius 2 is 1.58 bits per heavy atom. The molecule has 0 bridgehead atoms. The Balaban J connectivity index is 1.72. The van der Waals surface area contributed by atoms with Crippen molar-refractivity contribution in [3.8, 4) is 22.8 Å². The van der Waals surface area contributed by atoms with Gasteiger partial charge in [-0.1, -0.05) is 43.3 Å². The SMILES string of the molecule is CCOc1ccc(CCn2c(-c3ccccc3)c(CC)n3c4c(=O)n(C)c(=O)n(C)c4nc23)cc1OCC. The van der Waals surface area contributed by atoms with Gasteiger partial charge in [0.1, 0.15) is 0 Å². The normalized spacial score (nSPS) is 11.5. The van der Waals surface area contributed by atoms with E-state index >= 15 is 0 Å². The van der Waals surface area contributed by atoms with Crippen molar-refractivity contribution in [3.05, 3.63) is 80.6 Å². The Kier molecular flexibility index (Phi) is 6.84. The van der Waals surface area contributed by atoms with Crippen molar-refractivity contribution in [2.45, 2.75) is 40.2 Å². The zero-order chi connectivity index (χ0) is 27.0. The molecule has 0 saturated carbocycles. The van der Waals surface area contributed by atoms with Gasteiger partial charge in [0.2, 0.25) is 5.78 Å². The van der Waals surface area contributed by atoms with E-state index in [1.54, 1.807) is 7.05 Å². The van der Waals surface area contributed by atoms with Gasteiger partial charge in [-0.3, -0.25) is 18.3 Å². The summed E-state index contributed by atoms with van der Waals surface area (Å²) in [5.41, 5.74) is 4.19. The number of rotatable bonds is 9. The third-order valence-corrected chi connectivity index (χ3v) is 6.91. The predicted molar refractivity (Wildman–Crippen MR) is 148 cm³/mol. The monoisotopic (exact) mass is 515 g/mol. The van der Waals surface area contributed by atoms with Gasteiger partial charge in [0.25, 0.3) is 5.56 Å². The first kappa shape index (κ1) is 25.4. The Morgan fingerprint density at radius 1 is 0.868 bits per heavy atom. The third kappa shape index (κ3) is 4.08. The van der Waals surface area contributed by atoms with Crippen LogP contribution in [0.2, 0.25) is 0 Å². The molecule has 0 saturated heterocycles. The van der Waals surface area contributed by atoms with E-state index in [2.05, 4.69) is 29.7 Å². The van der Waals surface area contributed by atoms with Crippen molar-refractivity contribution in [2.75, 3.05) is 13.2 Å². The second-order valence-electron chi connectivity index (χ2n) is 9.19. The maximum Gasteiger partial charge on any atom is 0.332 e. The maximum absolute atomic E-state index is 13.3. The van der Waals surface area contributed by atoms with Crippen LogP contribution in [0.25, 0.3) is 28.2 Å². The van der Waals surface area contributed by atoms with E-state index in [1.165, 1.54) is 11.6 Å². The molecule has 5 rings (SSSR count). The van der Waals surface area contributed by atoms with Crippen LogP contribution in [0, 0.1) is 0 Å². The van der Waals surface area contributed by atoms with Gasteiger partial charge in [0, 0.05) is 26.2 Å². The van der Waals surface area contributed by atoms with Crippen LogP contribution in [-0.4, -0.2) is 36.3 Å². The number of aromatic nitrogens is 5. The van der Waals surface area contributed by atoms with E-state index in [1.807, 2.05) is 48.6 Å². The van der Waals surface area contributed by atoms with Crippen molar-refractivity contribution in [1.29, 1.82) is 0 Å². The van der Waals surface area contributed by atoms with Crippen LogP contribution in [0.15, 0.2) is 58.1 Å². The summed E-state index contributed by atoms with van der Waals surface area (Å²) in [6.07, 6.45) is 1.39. The lowest BCUT2D eigenvalue weighted by Crippen LogP contribution is -2.37. The average molecular weight is 516 g/mol. The van der Waals surface area contributed by atoms with Gasteiger partial charge in [0.15, 0.2) is 22.7 Å². The molecule has 0 aliphatic rings. The van der Waals surface area contributed by atoms with E-state index in [9.17, 15) is 9.59 Å². The molecular formula is C29H33N5O4. The summed E-state index contributed by atoms with van der Waals surface area (Å²) in [5.74, 6) is 2.10. The first-order valence-electron chi connectivity index (χ1n) is 13.0. The van der Waals surface area contributed by atoms with Gasteiger partial charge in [-0.25, -0.2) is 4.79 Å². The lowest BCUT2D eigenvalue weighted by atomic mass is 10.1. The van der Waals surface area contributed by atoms with Gasteiger partial charge >= 0.3 is 5.69 Å². The van der Waals surface area contributed by atoms with Crippen LogP contribution in [0.4, 0.5) is 0 Å². The molecular weight excluding hydrogens is 482 g/mol. The smallest absolute Gasteiger partial charge is 0.332 e. The van der Waals surface area contributed by atoms with E-state index in [0.29, 0.717) is 49.5 Å². The minimum absolute atomic E-state index is 0.352. The van der Waals surface area contributed by atoms with Gasteiger partial charge in [-0.15, -0.1) is 0 Å². The fraction of sp³-hybridized carbons (Fsp3) is 0.345. The summed E-state index contributed by atoms with van der Waals surface area (Å²) in [5, 5.41) is 0. The lowest BCUT2D eigenvalue weighted by Gasteiger charge is -2.14. The van der Waals surface area contributed by atoms with Gasteiger partial charge in [-0.2, -0.15) is 4.98 Å². The number of nitrogens with zero attached hydrogens (tertiary/aromatic N) is 5. The number of ether oxygens (including phenoxy) is 2. The van der Waals surface area contributed by atoms with E-state index in [4.69, 9.17) is 14.5 Å². The van der Waals surface area contributed by atoms with Crippen molar-refractivity contribution in [3.63, 3.8) is 0 Å². The molecule has 3 heterocycles. The molecule has 0 spiro atoms. The molecule has 0 N–H and O–H groups in total. The first-order chi connectivity index (χ1) is 18.4. The molecule has 3 aromatic heterocycles. The van der Waals surface area contributed by atoms with E-state index in [-0.39, 0.29) is 5.56 Å². The van der Waals surface area contributed by atoms with Crippen molar-refractivity contribution < 1.29 is 9.47 Å². The summed E-state index contributed by atoms with van der Waals surface area (Å²) < 4.78 is 18.3. The van der Waals surface area contributed by atoms with Gasteiger partial charge in [-0.05, 0) is 44.4 Å². The molecule has 0 fully saturated rings. The first-order valence-corrected chi connectivity index (χ1v) is 13.0. The molecule has 9 heteroatoms. The Labute approximate surface area is 220 Å². The number of hydrogen-bond donors (Lipinski definition) is 0. The van der Waals surface area contributed by atoms with Crippen LogP contribution >= 0.6 is 0 Å². The molecule has 0 aliphatic carbocycles. The molecule has 9 nitrogen and oxygen atoms in total. The third-order valence-electron chi connectivity index (χ3n) is 6.91. The largest absolute Gasteiger partial charge is 0.490 e. The van der Waals surface area contributed by atoms with Crippen LogP contribution in [0.5, 0.6) is 11.5 Å². The van der Waals surface area contributed by atoms with Crippen LogP contribution in [0.1, 0.15) is 32.0 Å². The molecule has 2 aromatic carbocycles. The minimum atomic E-state index is -0.394. The highest BCUT2D eigenvalue weighted by Gasteiger charge is 2.25. The van der Waals surface area contributed by atoms with Crippen LogP contribution < -0.4 is 20.7 Å². The number of imidazole rings is 2. The number of fused-ring (bicyclic) bond motifs is 3. The minimum Gasteiger partial charge on any atom is -0.490 e. The Morgan fingerprint density at radius 3 is 2.26 bits per heavy atom. The standard InChI is InChI=1S/C29H33N5O4/c1-6-21-24(20-12-10-9-11-13-20)33(17-16-19-14-15-22(37-7-2)23(18-19)38-8-3)28-30-26-25(34(21)28)27(35)32(5)29(36)31(26)4/h9-15,18H,6-8,16-17H2,1-5H3. The number of aryl methyl sites for hydroxylation is 4. The van der Waals surface area contributed by atoms with Gasteiger partial charge < -0.3 is 14.0 Å². The summed E-state index contributed by atoms with van der Waals surface area (Å²) in [7, 11) is 3.16. The topological polar surface area (TPSA) is 84.7 Å². The molecule has 0 amide bonds. The highest BCUT2D eigenvalue weighted by molar-refractivity contribution is 5.80. The average Bonchev–Trinajstić information content (AvgIpc) is 3.46. The summed E-state index contributed by atoms with van der Waals surface area (Å²) in [4.78, 5) is 30.8.